The predicted octanol–water partition coefficient (Wildman–Crippen LogP) is 3.40. The topological polar surface area (TPSA) is 63.2 Å². The first-order chi connectivity index (χ1) is 11.8. The van der Waals surface area contributed by atoms with Crippen LogP contribution in [-0.2, 0) is 15.6 Å². The minimum Gasteiger partial charge on any atom is -0.351 e. The maximum atomic E-state index is 12.5. The Kier molecular flexibility index (Phi) is 6.37. The zero-order chi connectivity index (χ0) is 18.4. The molecule has 2 aromatic rings. The molecule has 0 bridgehead atoms. The minimum atomic E-state index is -3.12. The van der Waals surface area contributed by atoms with Gasteiger partial charge in [0.15, 0.2) is 9.84 Å². The monoisotopic (exact) mass is 359 g/mol. The van der Waals surface area contributed by atoms with Gasteiger partial charge in [0, 0.05) is 24.3 Å². The van der Waals surface area contributed by atoms with Gasteiger partial charge < -0.3 is 5.32 Å². The van der Waals surface area contributed by atoms with E-state index >= 15 is 0 Å². The van der Waals surface area contributed by atoms with Crippen molar-refractivity contribution in [2.45, 2.75) is 25.5 Å². The Labute approximate surface area is 150 Å². The van der Waals surface area contributed by atoms with Gasteiger partial charge in [-0.2, -0.15) is 0 Å². The number of carbonyl (C=O) groups is 1. The van der Waals surface area contributed by atoms with Crippen LogP contribution in [0.25, 0.3) is 0 Å². The molecule has 0 spiro atoms. The summed E-state index contributed by atoms with van der Waals surface area (Å²) in [5.41, 5.74) is 2.30. The Bertz CT molecular complexity index is 814. The van der Waals surface area contributed by atoms with E-state index in [1.807, 2.05) is 18.2 Å². The molecule has 0 fully saturated rings. The molecule has 0 heterocycles. The number of nitrogens with one attached hydrogen (secondary N) is 1. The van der Waals surface area contributed by atoms with E-state index in [2.05, 4.69) is 31.3 Å². The first-order valence-electron chi connectivity index (χ1n) is 8.36. The summed E-state index contributed by atoms with van der Waals surface area (Å²) in [6.07, 6.45) is 1.19. The van der Waals surface area contributed by atoms with Gasteiger partial charge >= 0.3 is 0 Å². The van der Waals surface area contributed by atoms with Crippen LogP contribution < -0.4 is 5.32 Å². The molecule has 4 nitrogen and oxygen atoms in total. The number of rotatable bonds is 7. The van der Waals surface area contributed by atoms with Crippen molar-refractivity contribution in [3.05, 3.63) is 71.3 Å². The summed E-state index contributed by atoms with van der Waals surface area (Å²) >= 11 is 0. The van der Waals surface area contributed by atoms with Crippen LogP contribution in [0, 0.1) is 5.92 Å². The summed E-state index contributed by atoms with van der Waals surface area (Å²) in [6.45, 7) is 4.81. The number of hydrogen-bond acceptors (Lipinski definition) is 3. The van der Waals surface area contributed by atoms with Crippen LogP contribution in [-0.4, -0.2) is 27.1 Å². The lowest BCUT2D eigenvalue weighted by atomic mass is 9.88. The number of hydrogen-bond donors (Lipinski definition) is 1. The highest BCUT2D eigenvalue weighted by atomic mass is 32.2. The van der Waals surface area contributed by atoms with Crippen LogP contribution in [0.15, 0.2) is 54.6 Å². The van der Waals surface area contributed by atoms with Gasteiger partial charge in [-0.3, -0.25) is 4.79 Å². The fourth-order valence-corrected chi connectivity index (χ4v) is 3.63. The maximum absolute atomic E-state index is 12.5. The van der Waals surface area contributed by atoms with Gasteiger partial charge in [-0.15, -0.1) is 0 Å². The molecule has 0 saturated heterocycles. The average Bonchev–Trinajstić information content (AvgIpc) is 2.54. The second kappa shape index (κ2) is 8.30. The van der Waals surface area contributed by atoms with Gasteiger partial charge in [0.05, 0.1) is 5.75 Å². The van der Waals surface area contributed by atoms with Crippen molar-refractivity contribution < 1.29 is 13.2 Å². The molecule has 1 atom stereocenters. The van der Waals surface area contributed by atoms with E-state index in [1.165, 1.54) is 11.8 Å². The largest absolute Gasteiger partial charge is 0.351 e. The lowest BCUT2D eigenvalue weighted by Crippen LogP contribution is -2.30. The molecule has 0 unspecified atom stereocenters. The van der Waals surface area contributed by atoms with Crippen molar-refractivity contribution in [1.29, 1.82) is 0 Å². The number of sulfone groups is 1. The van der Waals surface area contributed by atoms with Crippen LogP contribution in [0.2, 0.25) is 0 Å². The van der Waals surface area contributed by atoms with Gasteiger partial charge in [-0.05, 0) is 29.2 Å². The molecule has 2 rings (SSSR count). The van der Waals surface area contributed by atoms with Crippen LogP contribution in [0.1, 0.15) is 41.3 Å². The lowest BCUT2D eigenvalue weighted by Gasteiger charge is -2.22. The van der Waals surface area contributed by atoms with Crippen LogP contribution in [0.5, 0.6) is 0 Å². The molecule has 0 saturated carbocycles. The van der Waals surface area contributed by atoms with Crippen molar-refractivity contribution >= 4 is 15.7 Å². The molecule has 1 amide bonds. The molecular weight excluding hydrogens is 334 g/mol. The van der Waals surface area contributed by atoms with Gasteiger partial charge in [0.2, 0.25) is 0 Å². The van der Waals surface area contributed by atoms with Crippen molar-refractivity contribution in [1.82, 2.24) is 5.32 Å². The molecule has 25 heavy (non-hydrogen) atoms. The molecule has 1 N–H and O–H groups in total. The third kappa shape index (κ3) is 6.02. The quantitative estimate of drug-likeness (QED) is 0.824. The zero-order valence-corrected chi connectivity index (χ0v) is 15.7. The standard InChI is InChI=1S/C20H25NO3S/c1-15(2)19(17-9-5-4-6-10-17)13-21-20(22)18-11-7-8-16(12-18)14-25(3,23)24/h4-12,15,19H,13-14H2,1-3H3,(H,21,22)/t19-/m1/s1. The molecule has 5 heteroatoms. The molecule has 0 aliphatic carbocycles. The predicted molar refractivity (Wildman–Crippen MR) is 101 cm³/mol. The SMILES string of the molecule is CC(C)[C@@H](CNC(=O)c1cccc(CS(C)(=O)=O)c1)c1ccccc1. The molecule has 0 aromatic heterocycles. The van der Waals surface area contributed by atoms with E-state index in [1.54, 1.807) is 24.3 Å². The van der Waals surface area contributed by atoms with Crippen molar-refractivity contribution in [2.24, 2.45) is 5.92 Å². The van der Waals surface area contributed by atoms with Gasteiger partial charge in [-0.25, -0.2) is 8.42 Å². The zero-order valence-electron chi connectivity index (χ0n) is 14.9. The van der Waals surface area contributed by atoms with E-state index in [-0.39, 0.29) is 17.6 Å². The Hall–Kier alpha value is -2.14. The molecule has 0 radical (unpaired) electrons. The summed E-state index contributed by atoms with van der Waals surface area (Å²) in [6, 6.07) is 16.9. The summed E-state index contributed by atoms with van der Waals surface area (Å²) in [7, 11) is -3.12. The second-order valence-corrected chi connectivity index (χ2v) is 8.88. The van der Waals surface area contributed by atoms with E-state index < -0.39 is 9.84 Å². The third-order valence-electron chi connectivity index (χ3n) is 4.13. The number of benzene rings is 2. The van der Waals surface area contributed by atoms with E-state index in [9.17, 15) is 13.2 Å². The highest BCUT2D eigenvalue weighted by Crippen LogP contribution is 2.23. The fraction of sp³-hybridized carbons (Fsp3) is 0.350. The Balaban J connectivity index is 2.07. The minimum absolute atomic E-state index is 0.0627. The molecule has 0 aliphatic heterocycles. The lowest BCUT2D eigenvalue weighted by molar-refractivity contribution is 0.0949. The average molecular weight is 359 g/mol. The number of carbonyl (C=O) groups excluding carboxylic acids is 1. The summed E-state index contributed by atoms with van der Waals surface area (Å²) in [5, 5.41) is 2.98. The summed E-state index contributed by atoms with van der Waals surface area (Å²) in [5.74, 6) is 0.368. The Morgan fingerprint density at radius 2 is 1.72 bits per heavy atom. The van der Waals surface area contributed by atoms with E-state index in [0.29, 0.717) is 23.6 Å². The normalized spacial score (nSPS) is 12.8. The maximum Gasteiger partial charge on any atom is 0.251 e. The van der Waals surface area contributed by atoms with Gasteiger partial charge in [0.1, 0.15) is 0 Å². The molecular formula is C20H25NO3S. The van der Waals surface area contributed by atoms with Crippen molar-refractivity contribution in [3.8, 4) is 0 Å². The third-order valence-corrected chi connectivity index (χ3v) is 4.99. The van der Waals surface area contributed by atoms with Gasteiger partial charge in [-0.1, -0.05) is 56.3 Å². The van der Waals surface area contributed by atoms with Crippen molar-refractivity contribution in [2.75, 3.05) is 12.8 Å². The van der Waals surface area contributed by atoms with Crippen molar-refractivity contribution in [3.63, 3.8) is 0 Å². The Morgan fingerprint density at radius 3 is 2.32 bits per heavy atom. The summed E-state index contributed by atoms with van der Waals surface area (Å²) < 4.78 is 22.9. The first kappa shape index (κ1) is 19.2. The highest BCUT2D eigenvalue weighted by molar-refractivity contribution is 7.89. The molecule has 2 aromatic carbocycles. The summed E-state index contributed by atoms with van der Waals surface area (Å²) in [4.78, 5) is 12.5. The van der Waals surface area contributed by atoms with Crippen LogP contribution >= 0.6 is 0 Å². The first-order valence-corrected chi connectivity index (χ1v) is 10.4. The molecule has 0 aliphatic rings. The van der Waals surface area contributed by atoms with E-state index in [0.717, 1.165) is 0 Å². The number of amides is 1. The smallest absolute Gasteiger partial charge is 0.251 e. The highest BCUT2D eigenvalue weighted by Gasteiger charge is 2.17. The van der Waals surface area contributed by atoms with Gasteiger partial charge in [0.25, 0.3) is 5.91 Å². The fourth-order valence-electron chi connectivity index (χ4n) is 2.85. The van der Waals surface area contributed by atoms with Crippen LogP contribution in [0.3, 0.4) is 0 Å². The Morgan fingerprint density at radius 1 is 1.04 bits per heavy atom. The van der Waals surface area contributed by atoms with E-state index in [4.69, 9.17) is 0 Å². The molecule has 134 valence electrons. The van der Waals surface area contributed by atoms with Crippen LogP contribution in [0.4, 0.5) is 0 Å². The second-order valence-electron chi connectivity index (χ2n) is 6.74.